The number of nitrogens with one attached hydrogen (secondary N) is 2. The number of ether oxygens (including phenoxy) is 1. The number of carbonyl (C=O) groups is 3. The van der Waals surface area contributed by atoms with Crippen molar-refractivity contribution in [3.63, 3.8) is 0 Å². The van der Waals surface area contributed by atoms with Crippen molar-refractivity contribution in [3.8, 4) is 0 Å². The average molecular weight is 451 g/mol. The molecule has 0 atom stereocenters. The van der Waals surface area contributed by atoms with E-state index in [9.17, 15) is 27.2 Å². The lowest BCUT2D eigenvalue weighted by Crippen LogP contribution is -2.31. The number of sulfonamides is 1. The van der Waals surface area contributed by atoms with Crippen molar-refractivity contribution in [1.29, 1.82) is 0 Å². The van der Waals surface area contributed by atoms with Gasteiger partial charge in [-0.05, 0) is 35.9 Å². The molecule has 2 rings (SSSR count). The zero-order valence-corrected chi connectivity index (χ0v) is 18.0. The number of hydrogen-bond donors (Lipinski definition) is 2. The zero-order chi connectivity index (χ0) is 23.2. The molecular formula is C20H22FN3O6S. The molecule has 0 aromatic heterocycles. The fourth-order valence-electron chi connectivity index (χ4n) is 2.44. The number of benzene rings is 2. The van der Waals surface area contributed by atoms with Crippen molar-refractivity contribution in [1.82, 2.24) is 9.62 Å². The van der Waals surface area contributed by atoms with Crippen molar-refractivity contribution in [2.75, 3.05) is 33.1 Å². The Bertz CT molecular complexity index is 1080. The summed E-state index contributed by atoms with van der Waals surface area (Å²) in [5.74, 6) is -2.52. The van der Waals surface area contributed by atoms with Crippen molar-refractivity contribution >= 4 is 33.5 Å². The Morgan fingerprint density at radius 3 is 2.29 bits per heavy atom. The van der Waals surface area contributed by atoms with E-state index in [-0.39, 0.29) is 24.4 Å². The fraction of sp³-hybridized carbons (Fsp3) is 0.250. The first kappa shape index (κ1) is 24.0. The summed E-state index contributed by atoms with van der Waals surface area (Å²) in [6.45, 7) is -0.229. The summed E-state index contributed by atoms with van der Waals surface area (Å²) >= 11 is 0. The standard InChI is InChI=1S/C20H22FN3O6S/c1-24(2)31(28,29)17-11-14(6-9-16(17)21)20(27)23-15-7-4-13(5-8-15)10-18(25)22-12-19(26)30-3/h4-9,11H,10,12H2,1-3H3,(H,22,25)(H,23,27). The van der Waals surface area contributed by atoms with Crippen LogP contribution in [0.3, 0.4) is 0 Å². The number of nitrogens with zero attached hydrogens (tertiary/aromatic N) is 1. The molecule has 11 heteroatoms. The Balaban J connectivity index is 2.06. The summed E-state index contributed by atoms with van der Waals surface area (Å²) in [5.41, 5.74) is 1.000. The summed E-state index contributed by atoms with van der Waals surface area (Å²) in [4.78, 5) is 34.7. The Morgan fingerprint density at radius 2 is 1.71 bits per heavy atom. The van der Waals surface area contributed by atoms with E-state index in [1.807, 2.05) is 0 Å². The van der Waals surface area contributed by atoms with E-state index in [0.717, 1.165) is 16.4 Å². The third-order valence-electron chi connectivity index (χ3n) is 4.19. The van der Waals surface area contributed by atoms with Crippen molar-refractivity contribution in [2.24, 2.45) is 0 Å². The minimum atomic E-state index is -4.05. The van der Waals surface area contributed by atoms with Gasteiger partial charge in [0.1, 0.15) is 17.3 Å². The molecular weight excluding hydrogens is 429 g/mol. The molecule has 2 aromatic rings. The van der Waals surface area contributed by atoms with Crippen LogP contribution in [0.15, 0.2) is 47.4 Å². The predicted octanol–water partition coefficient (Wildman–Crippen LogP) is 1.16. The maximum atomic E-state index is 14.0. The lowest BCUT2D eigenvalue weighted by molar-refractivity contribution is -0.141. The van der Waals surface area contributed by atoms with E-state index in [1.165, 1.54) is 27.3 Å². The molecule has 0 radical (unpaired) electrons. The molecule has 0 spiro atoms. The molecule has 0 aliphatic carbocycles. The van der Waals surface area contributed by atoms with Gasteiger partial charge in [-0.1, -0.05) is 12.1 Å². The van der Waals surface area contributed by atoms with E-state index in [1.54, 1.807) is 24.3 Å². The third kappa shape index (κ3) is 6.33. The maximum Gasteiger partial charge on any atom is 0.325 e. The third-order valence-corrected chi connectivity index (χ3v) is 6.02. The summed E-state index contributed by atoms with van der Waals surface area (Å²) in [6, 6.07) is 9.41. The Morgan fingerprint density at radius 1 is 1.06 bits per heavy atom. The first-order chi connectivity index (χ1) is 14.5. The highest BCUT2D eigenvalue weighted by atomic mass is 32.2. The molecule has 31 heavy (non-hydrogen) atoms. The monoisotopic (exact) mass is 451 g/mol. The van der Waals surface area contributed by atoms with Gasteiger partial charge < -0.3 is 15.4 Å². The van der Waals surface area contributed by atoms with Gasteiger partial charge in [0.25, 0.3) is 5.91 Å². The highest BCUT2D eigenvalue weighted by Crippen LogP contribution is 2.20. The Labute approximate surface area is 179 Å². The van der Waals surface area contributed by atoms with Gasteiger partial charge in [-0.2, -0.15) is 0 Å². The van der Waals surface area contributed by atoms with Crippen LogP contribution in [-0.4, -0.2) is 58.3 Å². The normalized spacial score (nSPS) is 11.1. The van der Waals surface area contributed by atoms with Crippen molar-refractivity contribution in [2.45, 2.75) is 11.3 Å². The lowest BCUT2D eigenvalue weighted by atomic mass is 10.1. The number of anilines is 1. The second-order valence-electron chi connectivity index (χ2n) is 6.61. The SMILES string of the molecule is COC(=O)CNC(=O)Cc1ccc(NC(=O)c2ccc(F)c(S(=O)(=O)N(C)C)c2)cc1. The Kier molecular flexibility index (Phi) is 7.83. The van der Waals surface area contributed by atoms with Crippen LogP contribution in [0.4, 0.5) is 10.1 Å². The zero-order valence-electron chi connectivity index (χ0n) is 17.1. The highest BCUT2D eigenvalue weighted by molar-refractivity contribution is 7.89. The number of halogens is 1. The van der Waals surface area contributed by atoms with E-state index in [2.05, 4.69) is 15.4 Å². The number of esters is 1. The first-order valence-electron chi connectivity index (χ1n) is 9.00. The molecule has 0 aliphatic rings. The largest absolute Gasteiger partial charge is 0.468 e. The van der Waals surface area contributed by atoms with Gasteiger partial charge in [0.2, 0.25) is 15.9 Å². The van der Waals surface area contributed by atoms with Crippen LogP contribution in [0, 0.1) is 5.82 Å². The molecule has 0 bridgehead atoms. The molecule has 9 nitrogen and oxygen atoms in total. The molecule has 0 unspecified atom stereocenters. The van der Waals surface area contributed by atoms with Gasteiger partial charge in [-0.3, -0.25) is 14.4 Å². The van der Waals surface area contributed by atoms with E-state index >= 15 is 0 Å². The summed E-state index contributed by atoms with van der Waals surface area (Å²) in [5, 5.41) is 5.00. The van der Waals surface area contributed by atoms with Gasteiger partial charge in [0, 0.05) is 25.3 Å². The van der Waals surface area contributed by atoms with Gasteiger partial charge in [0.15, 0.2) is 0 Å². The van der Waals surface area contributed by atoms with E-state index < -0.39 is 32.6 Å². The van der Waals surface area contributed by atoms with Crippen LogP contribution in [0.2, 0.25) is 0 Å². The molecule has 0 heterocycles. The van der Waals surface area contributed by atoms with Crippen molar-refractivity contribution in [3.05, 3.63) is 59.4 Å². The quantitative estimate of drug-likeness (QED) is 0.581. The van der Waals surface area contributed by atoms with Gasteiger partial charge in [-0.15, -0.1) is 0 Å². The summed E-state index contributed by atoms with van der Waals surface area (Å²) in [7, 11) is -0.311. The minimum Gasteiger partial charge on any atom is -0.468 e. The smallest absolute Gasteiger partial charge is 0.325 e. The van der Waals surface area contributed by atoms with E-state index in [0.29, 0.717) is 11.3 Å². The molecule has 2 amide bonds. The number of amides is 2. The molecule has 166 valence electrons. The van der Waals surface area contributed by atoms with Crippen LogP contribution < -0.4 is 10.6 Å². The molecule has 0 saturated heterocycles. The Hall–Kier alpha value is -3.31. The number of hydrogen-bond acceptors (Lipinski definition) is 6. The van der Waals surface area contributed by atoms with Gasteiger partial charge in [0.05, 0.1) is 13.5 Å². The second kappa shape index (κ2) is 10.1. The van der Waals surface area contributed by atoms with Crippen LogP contribution in [0.5, 0.6) is 0 Å². The van der Waals surface area contributed by atoms with Crippen LogP contribution in [0.1, 0.15) is 15.9 Å². The second-order valence-corrected chi connectivity index (χ2v) is 8.73. The summed E-state index contributed by atoms with van der Waals surface area (Å²) < 4.78 is 43.7. The molecule has 2 N–H and O–H groups in total. The highest BCUT2D eigenvalue weighted by Gasteiger charge is 2.23. The van der Waals surface area contributed by atoms with Crippen molar-refractivity contribution < 1.29 is 31.9 Å². The average Bonchev–Trinajstić information content (AvgIpc) is 2.73. The number of rotatable bonds is 8. The maximum absolute atomic E-state index is 14.0. The van der Waals surface area contributed by atoms with Crippen LogP contribution in [0.25, 0.3) is 0 Å². The predicted molar refractivity (Wildman–Crippen MR) is 110 cm³/mol. The molecule has 0 fully saturated rings. The number of methoxy groups -OCH3 is 1. The minimum absolute atomic E-state index is 0.0228. The van der Waals surface area contributed by atoms with Crippen LogP contribution in [-0.2, 0) is 30.8 Å². The number of carbonyl (C=O) groups excluding carboxylic acids is 3. The van der Waals surface area contributed by atoms with E-state index in [4.69, 9.17) is 0 Å². The van der Waals surface area contributed by atoms with Gasteiger partial charge >= 0.3 is 5.97 Å². The lowest BCUT2D eigenvalue weighted by Gasteiger charge is -2.13. The fourth-order valence-corrected chi connectivity index (χ4v) is 3.42. The van der Waals surface area contributed by atoms with Crippen LogP contribution >= 0.6 is 0 Å². The molecule has 2 aromatic carbocycles. The molecule has 0 saturated carbocycles. The molecule has 0 aliphatic heterocycles. The topological polar surface area (TPSA) is 122 Å². The van der Waals surface area contributed by atoms with Gasteiger partial charge in [-0.25, -0.2) is 17.1 Å². The first-order valence-corrected chi connectivity index (χ1v) is 10.4. The summed E-state index contributed by atoms with van der Waals surface area (Å²) in [6.07, 6.45) is 0.0228.